The van der Waals surface area contributed by atoms with Crippen LogP contribution in [0.5, 0.6) is 0 Å². The summed E-state index contributed by atoms with van der Waals surface area (Å²) in [6, 6.07) is 4.93. The number of aryl methyl sites for hydroxylation is 1. The van der Waals surface area contributed by atoms with Crippen molar-refractivity contribution in [3.63, 3.8) is 0 Å². The summed E-state index contributed by atoms with van der Waals surface area (Å²) in [6.07, 6.45) is 2.55. The molecule has 1 aliphatic heterocycles. The predicted octanol–water partition coefficient (Wildman–Crippen LogP) is 2.21. The molecule has 1 aliphatic rings. The molecule has 22 heavy (non-hydrogen) atoms. The molecule has 0 bridgehead atoms. The first-order valence-electron chi connectivity index (χ1n) is 7.62. The lowest BCUT2D eigenvalue weighted by Crippen LogP contribution is -2.47. The molecule has 2 aromatic rings. The monoisotopic (exact) mass is 301 g/mol. The van der Waals surface area contributed by atoms with E-state index in [0.29, 0.717) is 5.82 Å². The van der Waals surface area contributed by atoms with Gasteiger partial charge in [-0.3, -0.25) is 0 Å². The van der Waals surface area contributed by atoms with Gasteiger partial charge in [-0.25, -0.2) is 15.0 Å². The van der Waals surface area contributed by atoms with E-state index in [9.17, 15) is 4.39 Å². The third-order valence-electron chi connectivity index (χ3n) is 4.10. The second kappa shape index (κ2) is 6.25. The average Bonchev–Trinajstić information content (AvgIpc) is 2.55. The predicted molar refractivity (Wildman–Crippen MR) is 84.8 cm³/mol. The lowest BCUT2D eigenvalue weighted by atomic mass is 10.1. The molecule has 6 heteroatoms. The fourth-order valence-corrected chi connectivity index (χ4v) is 2.90. The van der Waals surface area contributed by atoms with Gasteiger partial charge in [0.25, 0.3) is 0 Å². The van der Waals surface area contributed by atoms with Crippen molar-refractivity contribution >= 4 is 11.6 Å². The van der Waals surface area contributed by atoms with Crippen LogP contribution in [-0.2, 0) is 6.42 Å². The topological polar surface area (TPSA) is 45.2 Å². The molecule has 5 nitrogen and oxygen atoms in total. The largest absolute Gasteiger partial charge is 0.353 e. The minimum absolute atomic E-state index is 0.431. The standard InChI is InChI=1S/C16H20FN5/c1-3-13-12(2)18-11-19-16(13)22-9-7-21(8-10-22)15-6-4-5-14(17)20-15/h4-6,11H,3,7-10H2,1-2H3. The number of halogens is 1. The van der Waals surface area contributed by atoms with Crippen LogP contribution < -0.4 is 9.80 Å². The van der Waals surface area contributed by atoms with Gasteiger partial charge in [0.1, 0.15) is 18.0 Å². The zero-order valence-corrected chi connectivity index (χ0v) is 13.0. The summed E-state index contributed by atoms with van der Waals surface area (Å²) >= 11 is 0. The van der Waals surface area contributed by atoms with Gasteiger partial charge >= 0.3 is 0 Å². The molecular weight excluding hydrogens is 281 g/mol. The van der Waals surface area contributed by atoms with Gasteiger partial charge in [0.05, 0.1) is 0 Å². The quantitative estimate of drug-likeness (QED) is 0.813. The van der Waals surface area contributed by atoms with Crippen molar-refractivity contribution in [1.82, 2.24) is 15.0 Å². The van der Waals surface area contributed by atoms with Crippen LogP contribution in [0.15, 0.2) is 24.5 Å². The Hall–Kier alpha value is -2.24. The van der Waals surface area contributed by atoms with Crippen molar-refractivity contribution in [3.8, 4) is 0 Å². The molecule has 3 rings (SSSR count). The van der Waals surface area contributed by atoms with E-state index in [-0.39, 0.29) is 0 Å². The van der Waals surface area contributed by atoms with Crippen molar-refractivity contribution in [3.05, 3.63) is 41.7 Å². The van der Waals surface area contributed by atoms with Crippen molar-refractivity contribution < 1.29 is 4.39 Å². The van der Waals surface area contributed by atoms with E-state index < -0.39 is 5.95 Å². The summed E-state index contributed by atoms with van der Waals surface area (Å²) in [5.41, 5.74) is 2.25. The number of anilines is 2. The van der Waals surface area contributed by atoms with E-state index in [4.69, 9.17) is 0 Å². The average molecular weight is 301 g/mol. The van der Waals surface area contributed by atoms with Crippen LogP contribution in [-0.4, -0.2) is 41.1 Å². The summed E-state index contributed by atoms with van der Waals surface area (Å²) in [4.78, 5) is 17.1. The summed E-state index contributed by atoms with van der Waals surface area (Å²) in [6.45, 7) is 7.47. The molecular formula is C16H20FN5. The number of piperazine rings is 1. The number of pyridine rings is 1. The molecule has 116 valence electrons. The Morgan fingerprint density at radius 2 is 1.82 bits per heavy atom. The molecule has 0 aromatic carbocycles. The van der Waals surface area contributed by atoms with E-state index in [1.165, 1.54) is 11.6 Å². The fraction of sp³-hybridized carbons (Fsp3) is 0.438. The maximum absolute atomic E-state index is 13.2. The first-order chi connectivity index (χ1) is 10.7. The molecule has 0 saturated carbocycles. The highest BCUT2D eigenvalue weighted by Gasteiger charge is 2.21. The molecule has 0 aliphatic carbocycles. The number of hydrogen-bond donors (Lipinski definition) is 0. The highest BCUT2D eigenvalue weighted by Crippen LogP contribution is 2.22. The molecule has 0 atom stereocenters. The molecule has 0 unspecified atom stereocenters. The van der Waals surface area contributed by atoms with E-state index in [2.05, 4.69) is 31.7 Å². The number of hydrogen-bond acceptors (Lipinski definition) is 5. The van der Waals surface area contributed by atoms with Crippen LogP contribution in [0, 0.1) is 12.9 Å². The van der Waals surface area contributed by atoms with Crippen molar-refractivity contribution in [2.45, 2.75) is 20.3 Å². The first kappa shape index (κ1) is 14.7. The van der Waals surface area contributed by atoms with E-state index in [1.54, 1.807) is 12.4 Å². The number of rotatable bonds is 3. The molecule has 1 saturated heterocycles. The third-order valence-corrected chi connectivity index (χ3v) is 4.10. The normalized spacial score (nSPS) is 15.2. The summed E-state index contributed by atoms with van der Waals surface area (Å²) in [5, 5.41) is 0. The van der Waals surface area contributed by atoms with Gasteiger partial charge in [-0.15, -0.1) is 0 Å². The summed E-state index contributed by atoms with van der Waals surface area (Å²) in [7, 11) is 0. The minimum Gasteiger partial charge on any atom is -0.353 e. The lowest BCUT2D eigenvalue weighted by molar-refractivity contribution is 0.574. The highest BCUT2D eigenvalue weighted by atomic mass is 19.1. The van der Waals surface area contributed by atoms with E-state index >= 15 is 0 Å². The van der Waals surface area contributed by atoms with Crippen LogP contribution in [0.1, 0.15) is 18.2 Å². The fourth-order valence-electron chi connectivity index (χ4n) is 2.90. The number of nitrogens with zero attached hydrogens (tertiary/aromatic N) is 5. The van der Waals surface area contributed by atoms with Gasteiger partial charge in [-0.05, 0) is 25.5 Å². The molecule has 2 aromatic heterocycles. The van der Waals surface area contributed by atoms with Gasteiger partial charge in [0.15, 0.2) is 0 Å². The minimum atomic E-state index is -0.431. The lowest BCUT2D eigenvalue weighted by Gasteiger charge is -2.36. The second-order valence-electron chi connectivity index (χ2n) is 5.41. The summed E-state index contributed by atoms with van der Waals surface area (Å²) < 4.78 is 13.2. The van der Waals surface area contributed by atoms with Gasteiger partial charge in [-0.2, -0.15) is 4.39 Å². The van der Waals surface area contributed by atoms with E-state index in [1.807, 2.05) is 13.0 Å². The molecule has 1 fully saturated rings. The van der Waals surface area contributed by atoms with E-state index in [0.717, 1.165) is 44.1 Å². The SMILES string of the molecule is CCc1c(C)ncnc1N1CCN(c2cccc(F)n2)CC1. The van der Waals surface area contributed by atoms with Gasteiger partial charge in [0, 0.05) is 37.4 Å². The van der Waals surface area contributed by atoms with Crippen LogP contribution in [0.3, 0.4) is 0 Å². The molecule has 0 N–H and O–H groups in total. The van der Waals surface area contributed by atoms with Crippen molar-refractivity contribution in [1.29, 1.82) is 0 Å². The zero-order chi connectivity index (χ0) is 15.5. The molecule has 0 spiro atoms. The van der Waals surface area contributed by atoms with Crippen LogP contribution in [0.2, 0.25) is 0 Å². The Labute approximate surface area is 129 Å². The second-order valence-corrected chi connectivity index (χ2v) is 5.41. The van der Waals surface area contributed by atoms with Crippen molar-refractivity contribution in [2.75, 3.05) is 36.0 Å². The smallest absolute Gasteiger partial charge is 0.214 e. The maximum atomic E-state index is 13.2. The Morgan fingerprint density at radius 1 is 1.09 bits per heavy atom. The van der Waals surface area contributed by atoms with Crippen molar-refractivity contribution in [2.24, 2.45) is 0 Å². The van der Waals surface area contributed by atoms with Gasteiger partial charge in [0.2, 0.25) is 5.95 Å². The first-order valence-corrected chi connectivity index (χ1v) is 7.62. The Balaban J connectivity index is 1.73. The Morgan fingerprint density at radius 3 is 2.50 bits per heavy atom. The molecule has 0 amide bonds. The van der Waals surface area contributed by atoms with Crippen LogP contribution >= 0.6 is 0 Å². The highest BCUT2D eigenvalue weighted by molar-refractivity contribution is 5.50. The maximum Gasteiger partial charge on any atom is 0.214 e. The van der Waals surface area contributed by atoms with Gasteiger partial charge in [-0.1, -0.05) is 13.0 Å². The van der Waals surface area contributed by atoms with Crippen LogP contribution in [0.4, 0.5) is 16.0 Å². The Bertz CT molecular complexity index is 653. The third kappa shape index (κ3) is 2.86. The molecule has 3 heterocycles. The van der Waals surface area contributed by atoms with Crippen LogP contribution in [0.25, 0.3) is 0 Å². The Kier molecular flexibility index (Phi) is 4.18. The summed E-state index contributed by atoms with van der Waals surface area (Å²) in [5.74, 6) is 1.30. The zero-order valence-electron chi connectivity index (χ0n) is 13.0. The molecule has 0 radical (unpaired) electrons. The number of aromatic nitrogens is 3. The van der Waals surface area contributed by atoms with Gasteiger partial charge < -0.3 is 9.80 Å².